The number of aromatic nitrogens is 2. The Kier molecular flexibility index (Phi) is 6.24. The molecule has 0 amide bonds. The van der Waals surface area contributed by atoms with Gasteiger partial charge in [-0.2, -0.15) is 5.10 Å². The quantitative estimate of drug-likeness (QED) is 0.734. The van der Waals surface area contributed by atoms with Gasteiger partial charge in [0.1, 0.15) is 4.90 Å². The molecule has 1 aromatic heterocycles. The summed E-state index contributed by atoms with van der Waals surface area (Å²) in [6, 6.07) is 8.54. The maximum absolute atomic E-state index is 12.6. The van der Waals surface area contributed by atoms with Gasteiger partial charge in [0.2, 0.25) is 10.0 Å². The van der Waals surface area contributed by atoms with Gasteiger partial charge < -0.3 is 0 Å². The Balaban J connectivity index is 1.63. The SMILES string of the molecule is Cc1ccccc1CN1CCN(Cn2nc(C)c(S(=O)(=O)N(C)C)c2C)CC1. The summed E-state index contributed by atoms with van der Waals surface area (Å²) < 4.78 is 28.2. The second kappa shape index (κ2) is 8.32. The van der Waals surface area contributed by atoms with Gasteiger partial charge in [0.15, 0.2) is 0 Å². The lowest BCUT2D eigenvalue weighted by Crippen LogP contribution is -2.46. The van der Waals surface area contributed by atoms with Crippen LogP contribution in [0.1, 0.15) is 22.5 Å². The van der Waals surface area contributed by atoms with Gasteiger partial charge >= 0.3 is 0 Å². The molecular weight excluding hydrogens is 374 g/mol. The molecule has 2 heterocycles. The van der Waals surface area contributed by atoms with E-state index < -0.39 is 10.0 Å². The summed E-state index contributed by atoms with van der Waals surface area (Å²) in [7, 11) is -0.373. The molecule has 1 aromatic carbocycles. The molecule has 0 saturated carbocycles. The van der Waals surface area contributed by atoms with E-state index in [0.29, 0.717) is 23.0 Å². The van der Waals surface area contributed by atoms with Gasteiger partial charge in [-0.05, 0) is 31.9 Å². The van der Waals surface area contributed by atoms with Crippen LogP contribution in [-0.4, -0.2) is 72.6 Å². The molecule has 2 aromatic rings. The molecule has 154 valence electrons. The fraction of sp³-hybridized carbons (Fsp3) is 0.550. The Morgan fingerprint density at radius 2 is 1.61 bits per heavy atom. The number of hydrogen-bond acceptors (Lipinski definition) is 5. The fourth-order valence-electron chi connectivity index (χ4n) is 3.68. The second-order valence-electron chi connectivity index (χ2n) is 7.75. The van der Waals surface area contributed by atoms with Gasteiger partial charge in [0, 0.05) is 46.8 Å². The van der Waals surface area contributed by atoms with E-state index in [0.717, 1.165) is 32.7 Å². The van der Waals surface area contributed by atoms with Gasteiger partial charge in [-0.15, -0.1) is 0 Å². The van der Waals surface area contributed by atoms with Gasteiger partial charge in [-0.3, -0.25) is 14.5 Å². The van der Waals surface area contributed by atoms with E-state index in [1.54, 1.807) is 21.0 Å². The van der Waals surface area contributed by atoms with E-state index in [4.69, 9.17) is 0 Å². The summed E-state index contributed by atoms with van der Waals surface area (Å²) in [6.07, 6.45) is 0. The summed E-state index contributed by atoms with van der Waals surface area (Å²) >= 11 is 0. The van der Waals surface area contributed by atoms with Gasteiger partial charge in [0.25, 0.3) is 0 Å². The smallest absolute Gasteiger partial charge is 0.246 e. The number of aryl methyl sites for hydroxylation is 2. The van der Waals surface area contributed by atoms with Crippen molar-refractivity contribution in [3.8, 4) is 0 Å². The first-order valence-electron chi connectivity index (χ1n) is 9.66. The Bertz CT molecular complexity index is 928. The van der Waals surface area contributed by atoms with Crippen molar-refractivity contribution in [3.05, 3.63) is 46.8 Å². The van der Waals surface area contributed by atoms with Crippen LogP contribution in [0.4, 0.5) is 0 Å². The van der Waals surface area contributed by atoms with E-state index in [-0.39, 0.29) is 0 Å². The molecule has 1 fully saturated rings. The van der Waals surface area contributed by atoms with Crippen molar-refractivity contribution in [2.75, 3.05) is 40.3 Å². The molecule has 1 saturated heterocycles. The number of benzene rings is 1. The highest BCUT2D eigenvalue weighted by atomic mass is 32.2. The molecule has 7 nitrogen and oxygen atoms in total. The molecule has 3 rings (SSSR count). The zero-order valence-corrected chi connectivity index (χ0v) is 18.3. The van der Waals surface area contributed by atoms with Crippen LogP contribution in [0.15, 0.2) is 29.2 Å². The average molecular weight is 406 g/mol. The summed E-state index contributed by atoms with van der Waals surface area (Å²) in [4.78, 5) is 5.14. The summed E-state index contributed by atoms with van der Waals surface area (Å²) in [5, 5.41) is 4.51. The van der Waals surface area contributed by atoms with Crippen LogP contribution >= 0.6 is 0 Å². The minimum atomic E-state index is -3.48. The lowest BCUT2D eigenvalue weighted by atomic mass is 10.1. The van der Waals surface area contributed by atoms with Crippen LogP contribution in [0.25, 0.3) is 0 Å². The van der Waals surface area contributed by atoms with Crippen molar-refractivity contribution in [3.63, 3.8) is 0 Å². The van der Waals surface area contributed by atoms with Crippen molar-refractivity contribution in [1.82, 2.24) is 23.9 Å². The molecule has 0 radical (unpaired) electrons. The topological polar surface area (TPSA) is 61.7 Å². The average Bonchev–Trinajstić information content (AvgIpc) is 2.92. The van der Waals surface area contributed by atoms with E-state index in [1.807, 2.05) is 11.6 Å². The van der Waals surface area contributed by atoms with Crippen LogP contribution in [-0.2, 0) is 23.2 Å². The highest BCUT2D eigenvalue weighted by Gasteiger charge is 2.27. The van der Waals surface area contributed by atoms with Crippen LogP contribution in [0.5, 0.6) is 0 Å². The maximum Gasteiger partial charge on any atom is 0.246 e. The van der Waals surface area contributed by atoms with E-state index >= 15 is 0 Å². The Morgan fingerprint density at radius 3 is 2.21 bits per heavy atom. The predicted molar refractivity (Wildman–Crippen MR) is 111 cm³/mol. The minimum Gasteiger partial charge on any atom is -0.297 e. The van der Waals surface area contributed by atoms with Crippen LogP contribution in [0, 0.1) is 20.8 Å². The number of nitrogens with zero attached hydrogens (tertiary/aromatic N) is 5. The standard InChI is InChI=1S/C20H31N5O2S/c1-16-8-6-7-9-19(16)14-23-10-12-24(13-11-23)15-25-18(3)20(17(2)21-25)28(26,27)22(4)5/h6-9H,10-15H2,1-5H3. The first-order valence-corrected chi connectivity index (χ1v) is 11.1. The number of piperazine rings is 1. The molecule has 8 heteroatoms. The first kappa shape index (κ1) is 21.0. The normalized spacial score (nSPS) is 16.8. The summed E-state index contributed by atoms with van der Waals surface area (Å²) in [5.74, 6) is 0. The van der Waals surface area contributed by atoms with Crippen molar-refractivity contribution >= 4 is 10.0 Å². The van der Waals surface area contributed by atoms with Gasteiger partial charge in [-0.25, -0.2) is 12.7 Å². The van der Waals surface area contributed by atoms with Crippen molar-refractivity contribution in [2.45, 2.75) is 38.9 Å². The number of sulfonamides is 1. The largest absolute Gasteiger partial charge is 0.297 e. The second-order valence-corrected chi connectivity index (χ2v) is 9.84. The Hall–Kier alpha value is -1.74. The zero-order valence-electron chi connectivity index (χ0n) is 17.5. The maximum atomic E-state index is 12.6. The predicted octanol–water partition coefficient (Wildman–Crippen LogP) is 1.83. The highest BCUT2D eigenvalue weighted by Crippen LogP contribution is 2.22. The Labute approximate surface area is 168 Å². The molecular formula is C20H31N5O2S. The molecule has 28 heavy (non-hydrogen) atoms. The van der Waals surface area contributed by atoms with E-state index in [9.17, 15) is 8.42 Å². The van der Waals surface area contributed by atoms with Gasteiger partial charge in [0.05, 0.1) is 18.1 Å². The van der Waals surface area contributed by atoms with Crippen LogP contribution < -0.4 is 0 Å². The molecule has 0 aliphatic carbocycles. The van der Waals surface area contributed by atoms with E-state index in [1.165, 1.54) is 15.4 Å². The van der Waals surface area contributed by atoms with Crippen molar-refractivity contribution in [2.24, 2.45) is 0 Å². The summed E-state index contributed by atoms with van der Waals surface area (Å²) in [6.45, 7) is 11.2. The molecule has 0 N–H and O–H groups in total. The highest BCUT2D eigenvalue weighted by molar-refractivity contribution is 7.89. The van der Waals surface area contributed by atoms with Crippen molar-refractivity contribution in [1.29, 1.82) is 0 Å². The molecule has 0 unspecified atom stereocenters. The third-order valence-corrected chi connectivity index (χ3v) is 7.58. The number of rotatable bonds is 6. The van der Waals surface area contributed by atoms with Gasteiger partial charge in [-0.1, -0.05) is 24.3 Å². The van der Waals surface area contributed by atoms with E-state index in [2.05, 4.69) is 46.1 Å². The molecule has 1 aliphatic heterocycles. The zero-order chi connectivity index (χ0) is 20.5. The molecule has 0 bridgehead atoms. The first-order chi connectivity index (χ1) is 13.2. The third kappa shape index (κ3) is 4.30. The monoisotopic (exact) mass is 405 g/mol. The fourth-order valence-corrected chi connectivity index (χ4v) is 4.94. The van der Waals surface area contributed by atoms with Crippen molar-refractivity contribution < 1.29 is 8.42 Å². The molecule has 0 atom stereocenters. The summed E-state index contributed by atoms with van der Waals surface area (Å²) in [5.41, 5.74) is 3.98. The lowest BCUT2D eigenvalue weighted by Gasteiger charge is -2.35. The minimum absolute atomic E-state index is 0.329. The van der Waals surface area contributed by atoms with Crippen LogP contribution in [0.3, 0.4) is 0 Å². The molecule has 1 aliphatic rings. The third-order valence-electron chi connectivity index (χ3n) is 5.51. The van der Waals surface area contributed by atoms with Crippen LogP contribution in [0.2, 0.25) is 0 Å². The lowest BCUT2D eigenvalue weighted by molar-refractivity contribution is 0.0977. The molecule has 0 spiro atoms. The Morgan fingerprint density at radius 1 is 1.00 bits per heavy atom. The number of hydrogen-bond donors (Lipinski definition) is 0.